The van der Waals surface area contributed by atoms with Gasteiger partial charge in [0.1, 0.15) is 17.7 Å². The lowest BCUT2D eigenvalue weighted by atomic mass is 10.1. The lowest BCUT2D eigenvalue weighted by molar-refractivity contribution is 0.222. The van der Waals surface area contributed by atoms with Crippen molar-refractivity contribution in [2.75, 3.05) is 34.2 Å². The fourth-order valence-electron chi connectivity index (χ4n) is 2.73. The average Bonchev–Trinajstić information content (AvgIpc) is 3.35. The van der Waals surface area contributed by atoms with E-state index < -0.39 is 0 Å². The third-order valence-corrected chi connectivity index (χ3v) is 4.22. The molecular weight excluding hydrogens is 307 g/mol. The monoisotopic (exact) mass is 336 g/mol. The van der Waals surface area contributed by atoms with Crippen LogP contribution in [0.3, 0.4) is 0 Å². The van der Waals surface area contributed by atoms with E-state index in [0.29, 0.717) is 18.3 Å². The van der Waals surface area contributed by atoms with E-state index in [2.05, 4.69) is 34.6 Å². The van der Waals surface area contributed by atoms with Crippen molar-refractivity contribution in [1.29, 1.82) is 0 Å². The second kappa shape index (κ2) is 8.87. The predicted octanol–water partition coefficient (Wildman–Crippen LogP) is 2.10. The lowest BCUT2D eigenvalue weighted by Crippen LogP contribution is -2.47. The van der Waals surface area contributed by atoms with Crippen molar-refractivity contribution < 1.29 is 9.13 Å². The van der Waals surface area contributed by atoms with Crippen LogP contribution in [0.15, 0.2) is 29.3 Å². The lowest BCUT2D eigenvalue weighted by Gasteiger charge is -2.25. The van der Waals surface area contributed by atoms with E-state index in [-0.39, 0.29) is 11.9 Å². The number of nitrogens with zero attached hydrogens (tertiary/aromatic N) is 2. The Morgan fingerprint density at radius 2 is 2.04 bits per heavy atom. The van der Waals surface area contributed by atoms with E-state index in [4.69, 9.17) is 4.74 Å². The molecule has 0 amide bonds. The van der Waals surface area contributed by atoms with Crippen LogP contribution in [0.25, 0.3) is 0 Å². The van der Waals surface area contributed by atoms with Crippen molar-refractivity contribution in [3.8, 4) is 5.75 Å². The minimum absolute atomic E-state index is 0.0987. The van der Waals surface area contributed by atoms with Gasteiger partial charge in [-0.15, -0.1) is 0 Å². The van der Waals surface area contributed by atoms with Crippen molar-refractivity contribution in [1.82, 2.24) is 15.5 Å². The molecule has 24 heavy (non-hydrogen) atoms. The molecule has 0 aliphatic heterocycles. The number of aliphatic imine (C=N–C) groups is 1. The molecule has 1 saturated carbocycles. The molecule has 0 saturated heterocycles. The molecule has 0 aromatic heterocycles. The normalized spacial score (nSPS) is 17.5. The number of likely N-dealkylation sites (N-methyl/N-ethyl adjacent to an activating group) is 1. The fourth-order valence-corrected chi connectivity index (χ4v) is 2.73. The molecule has 134 valence electrons. The third-order valence-electron chi connectivity index (χ3n) is 4.22. The molecule has 0 spiro atoms. The summed E-state index contributed by atoms with van der Waals surface area (Å²) in [6.07, 6.45) is 2.53. The van der Waals surface area contributed by atoms with Crippen LogP contribution in [-0.4, -0.2) is 57.2 Å². The number of hydrogen-bond donors (Lipinski definition) is 2. The molecule has 1 aromatic rings. The van der Waals surface area contributed by atoms with Gasteiger partial charge in [0.2, 0.25) is 0 Å². The van der Waals surface area contributed by atoms with E-state index in [1.807, 2.05) is 6.92 Å². The molecule has 1 aliphatic rings. The van der Waals surface area contributed by atoms with Crippen LogP contribution in [0.5, 0.6) is 5.75 Å². The van der Waals surface area contributed by atoms with Gasteiger partial charge in [-0.25, -0.2) is 4.39 Å². The molecule has 1 aromatic carbocycles. The second-order valence-corrected chi connectivity index (χ2v) is 6.59. The van der Waals surface area contributed by atoms with Crippen LogP contribution >= 0.6 is 0 Å². The molecule has 2 atom stereocenters. The quantitative estimate of drug-likeness (QED) is 0.564. The van der Waals surface area contributed by atoms with Gasteiger partial charge in [0, 0.05) is 25.7 Å². The molecule has 0 radical (unpaired) electrons. The number of rotatable bonds is 8. The van der Waals surface area contributed by atoms with Crippen LogP contribution in [0, 0.1) is 11.7 Å². The van der Waals surface area contributed by atoms with Gasteiger partial charge >= 0.3 is 0 Å². The maximum atomic E-state index is 13.2. The van der Waals surface area contributed by atoms with Crippen LogP contribution in [-0.2, 0) is 0 Å². The maximum absolute atomic E-state index is 13.2. The number of benzene rings is 1. The summed E-state index contributed by atoms with van der Waals surface area (Å²) >= 11 is 0. The van der Waals surface area contributed by atoms with Gasteiger partial charge in [0.15, 0.2) is 5.96 Å². The molecule has 2 N–H and O–H groups in total. The molecule has 5 nitrogen and oxygen atoms in total. The molecule has 1 fully saturated rings. The summed E-state index contributed by atoms with van der Waals surface area (Å²) in [5.74, 6) is 1.80. The summed E-state index contributed by atoms with van der Waals surface area (Å²) < 4.78 is 18.9. The number of halogens is 1. The Labute approximate surface area is 144 Å². The first-order chi connectivity index (χ1) is 11.5. The van der Waals surface area contributed by atoms with Crippen molar-refractivity contribution in [3.05, 3.63) is 30.1 Å². The molecule has 6 heteroatoms. The molecule has 0 bridgehead atoms. The van der Waals surface area contributed by atoms with Gasteiger partial charge in [0.05, 0.1) is 6.54 Å². The van der Waals surface area contributed by atoms with Gasteiger partial charge in [-0.2, -0.15) is 0 Å². The largest absolute Gasteiger partial charge is 0.489 e. The first kappa shape index (κ1) is 18.5. The summed E-state index contributed by atoms with van der Waals surface area (Å²) in [4.78, 5) is 6.52. The Bertz CT molecular complexity index is 544. The zero-order valence-electron chi connectivity index (χ0n) is 15.1. The maximum Gasteiger partial charge on any atom is 0.191 e. The number of guanidine groups is 1. The van der Waals surface area contributed by atoms with Crippen molar-refractivity contribution >= 4 is 5.96 Å². The van der Waals surface area contributed by atoms with Crippen LogP contribution in [0.1, 0.15) is 19.8 Å². The molecule has 0 heterocycles. The van der Waals surface area contributed by atoms with Gasteiger partial charge in [0.25, 0.3) is 0 Å². The SMILES string of the molecule is CN=C(NCC(C)Oc1cccc(F)c1)NCC(C1CC1)N(C)C. The molecule has 2 rings (SSSR count). The highest BCUT2D eigenvalue weighted by atomic mass is 19.1. The highest BCUT2D eigenvalue weighted by Crippen LogP contribution is 2.34. The highest BCUT2D eigenvalue weighted by molar-refractivity contribution is 5.79. The Kier molecular flexibility index (Phi) is 6.85. The summed E-state index contributed by atoms with van der Waals surface area (Å²) in [5.41, 5.74) is 0. The summed E-state index contributed by atoms with van der Waals surface area (Å²) in [6, 6.07) is 6.72. The number of nitrogens with one attached hydrogen (secondary N) is 2. The zero-order valence-corrected chi connectivity index (χ0v) is 15.1. The highest BCUT2D eigenvalue weighted by Gasteiger charge is 2.32. The van der Waals surface area contributed by atoms with Crippen molar-refractivity contribution in [2.45, 2.75) is 31.9 Å². The van der Waals surface area contributed by atoms with Crippen molar-refractivity contribution in [2.24, 2.45) is 10.9 Å². The minimum atomic E-state index is -0.292. The fraction of sp³-hybridized carbons (Fsp3) is 0.611. The third kappa shape index (κ3) is 6.00. The van der Waals surface area contributed by atoms with E-state index in [1.165, 1.54) is 25.0 Å². The molecule has 2 unspecified atom stereocenters. The van der Waals surface area contributed by atoms with Crippen LogP contribution in [0.4, 0.5) is 4.39 Å². The summed E-state index contributed by atoms with van der Waals surface area (Å²) in [5, 5.41) is 6.64. The van der Waals surface area contributed by atoms with Gasteiger partial charge in [-0.1, -0.05) is 6.07 Å². The van der Waals surface area contributed by atoms with E-state index >= 15 is 0 Å². The first-order valence-corrected chi connectivity index (χ1v) is 8.52. The smallest absolute Gasteiger partial charge is 0.191 e. The summed E-state index contributed by atoms with van der Waals surface area (Å²) in [6.45, 7) is 3.40. The Morgan fingerprint density at radius 1 is 1.33 bits per heavy atom. The van der Waals surface area contributed by atoms with Gasteiger partial charge < -0.3 is 20.3 Å². The molecular formula is C18H29FN4O. The van der Waals surface area contributed by atoms with E-state index in [1.54, 1.807) is 19.2 Å². The Balaban J connectivity index is 1.74. The van der Waals surface area contributed by atoms with Gasteiger partial charge in [-0.05, 0) is 51.9 Å². The molecule has 1 aliphatic carbocycles. The second-order valence-electron chi connectivity index (χ2n) is 6.59. The number of ether oxygens (including phenoxy) is 1. The average molecular weight is 336 g/mol. The number of hydrogen-bond acceptors (Lipinski definition) is 3. The zero-order chi connectivity index (χ0) is 17.5. The minimum Gasteiger partial charge on any atom is -0.489 e. The van der Waals surface area contributed by atoms with E-state index in [9.17, 15) is 4.39 Å². The van der Waals surface area contributed by atoms with Crippen LogP contribution < -0.4 is 15.4 Å². The first-order valence-electron chi connectivity index (χ1n) is 8.52. The Hall–Kier alpha value is -1.82. The predicted molar refractivity (Wildman–Crippen MR) is 96.1 cm³/mol. The van der Waals surface area contributed by atoms with Crippen molar-refractivity contribution in [3.63, 3.8) is 0 Å². The topological polar surface area (TPSA) is 48.9 Å². The standard InChI is InChI=1S/C18H29FN4O/c1-13(24-16-7-5-6-15(19)10-16)11-21-18(20-2)22-12-17(23(3)4)14-8-9-14/h5-7,10,13-14,17H,8-9,11-12H2,1-4H3,(H2,20,21,22). The van der Waals surface area contributed by atoms with Gasteiger partial charge in [-0.3, -0.25) is 4.99 Å². The summed E-state index contributed by atoms with van der Waals surface area (Å²) in [7, 11) is 6.00. The Morgan fingerprint density at radius 3 is 2.62 bits per heavy atom. The van der Waals surface area contributed by atoms with E-state index in [0.717, 1.165) is 18.4 Å². The van der Waals surface area contributed by atoms with Crippen LogP contribution in [0.2, 0.25) is 0 Å².